The minimum Gasteiger partial charge on any atom is -0.467 e. The van der Waals surface area contributed by atoms with E-state index in [1.54, 1.807) is 20.8 Å². The molecule has 0 radical (unpaired) electrons. The van der Waals surface area contributed by atoms with Crippen LogP contribution in [0.25, 0.3) is 0 Å². The van der Waals surface area contributed by atoms with Crippen LogP contribution in [-0.4, -0.2) is 38.7 Å². The van der Waals surface area contributed by atoms with E-state index in [0.29, 0.717) is 0 Å². The minimum atomic E-state index is -5.83. The van der Waals surface area contributed by atoms with Crippen molar-refractivity contribution in [3.05, 3.63) is 29.8 Å². The molecule has 1 rings (SSSR count). The van der Waals surface area contributed by atoms with Gasteiger partial charge in [0.25, 0.3) is 0 Å². The molecule has 1 atom stereocenters. The summed E-state index contributed by atoms with van der Waals surface area (Å²) in [5.74, 6) is -1.51. The van der Waals surface area contributed by atoms with E-state index in [1.807, 2.05) is 0 Å². The highest BCUT2D eigenvalue weighted by atomic mass is 32.2. The predicted molar refractivity (Wildman–Crippen MR) is 86.2 cm³/mol. The number of methoxy groups -OCH3 is 1. The quantitative estimate of drug-likeness (QED) is 0.449. The zero-order valence-corrected chi connectivity index (χ0v) is 15.6. The largest absolute Gasteiger partial charge is 0.534 e. The third kappa shape index (κ3) is 6.62. The van der Waals surface area contributed by atoms with Gasteiger partial charge in [0.1, 0.15) is 11.4 Å². The number of carbonyl (C=O) groups excluding carboxylic acids is 2. The lowest BCUT2D eigenvalue weighted by atomic mass is 10.1. The van der Waals surface area contributed by atoms with E-state index in [4.69, 9.17) is 4.74 Å². The molecule has 0 spiro atoms. The topological polar surface area (TPSA) is 108 Å². The molecule has 0 saturated carbocycles. The summed E-state index contributed by atoms with van der Waals surface area (Å²) < 4.78 is 72.5. The fourth-order valence-corrected chi connectivity index (χ4v) is 2.17. The van der Waals surface area contributed by atoms with E-state index >= 15 is 0 Å². The first-order chi connectivity index (χ1) is 12.2. The first kappa shape index (κ1) is 22.5. The van der Waals surface area contributed by atoms with Gasteiger partial charge in [-0.3, -0.25) is 0 Å². The Morgan fingerprint density at radius 1 is 1.07 bits per heavy atom. The SMILES string of the molecule is COC(=O)C(NC(=O)OC(C)(C)C)c1ccc(OS(=O)(=O)C(F)(F)F)cc1. The Balaban J connectivity index is 3.02. The molecule has 152 valence electrons. The normalized spacial score (nSPS) is 13.4. The van der Waals surface area contributed by atoms with Crippen molar-refractivity contribution in [2.45, 2.75) is 37.9 Å². The number of halogens is 3. The highest BCUT2D eigenvalue weighted by Crippen LogP contribution is 2.28. The van der Waals surface area contributed by atoms with Gasteiger partial charge in [0.05, 0.1) is 7.11 Å². The van der Waals surface area contributed by atoms with E-state index in [1.165, 1.54) is 0 Å². The van der Waals surface area contributed by atoms with Gasteiger partial charge in [0.15, 0.2) is 6.04 Å². The van der Waals surface area contributed by atoms with Crippen molar-refractivity contribution in [1.82, 2.24) is 5.32 Å². The lowest BCUT2D eigenvalue weighted by molar-refractivity contribution is -0.143. The average molecular weight is 413 g/mol. The highest BCUT2D eigenvalue weighted by Gasteiger charge is 2.48. The van der Waals surface area contributed by atoms with Crippen LogP contribution in [0.5, 0.6) is 5.75 Å². The third-order valence-electron chi connectivity index (χ3n) is 2.80. The van der Waals surface area contributed by atoms with Crippen molar-refractivity contribution in [3.63, 3.8) is 0 Å². The summed E-state index contributed by atoms with van der Waals surface area (Å²) in [7, 11) is -4.76. The number of alkyl halides is 3. The molecule has 1 aromatic rings. The van der Waals surface area contributed by atoms with Crippen LogP contribution < -0.4 is 9.50 Å². The molecule has 1 unspecified atom stereocenters. The Hall–Kier alpha value is -2.50. The highest BCUT2D eigenvalue weighted by molar-refractivity contribution is 7.88. The smallest absolute Gasteiger partial charge is 0.467 e. The molecule has 0 aliphatic rings. The molecule has 0 fully saturated rings. The van der Waals surface area contributed by atoms with Crippen molar-refractivity contribution >= 4 is 22.2 Å². The third-order valence-corrected chi connectivity index (χ3v) is 3.78. The molecule has 8 nitrogen and oxygen atoms in total. The van der Waals surface area contributed by atoms with Crippen molar-refractivity contribution in [3.8, 4) is 5.75 Å². The van der Waals surface area contributed by atoms with Crippen LogP contribution in [-0.2, 0) is 24.4 Å². The second-order valence-corrected chi connectivity index (χ2v) is 7.69. The van der Waals surface area contributed by atoms with Crippen LogP contribution >= 0.6 is 0 Å². The van der Waals surface area contributed by atoms with Gasteiger partial charge in [-0.05, 0) is 38.5 Å². The number of rotatable bonds is 5. The van der Waals surface area contributed by atoms with Crippen molar-refractivity contribution in [1.29, 1.82) is 0 Å². The number of amides is 1. The second kappa shape index (κ2) is 8.03. The first-order valence-electron chi connectivity index (χ1n) is 7.34. The molecule has 0 heterocycles. The molecule has 1 amide bonds. The molecule has 1 aromatic carbocycles. The van der Waals surface area contributed by atoms with Gasteiger partial charge in [-0.1, -0.05) is 12.1 Å². The molecule has 0 aliphatic heterocycles. The van der Waals surface area contributed by atoms with Gasteiger partial charge in [0, 0.05) is 0 Å². The minimum absolute atomic E-state index is 0.101. The summed E-state index contributed by atoms with van der Waals surface area (Å²) in [4.78, 5) is 23.7. The van der Waals surface area contributed by atoms with Crippen LogP contribution in [0.1, 0.15) is 32.4 Å². The van der Waals surface area contributed by atoms with Gasteiger partial charge in [-0.25, -0.2) is 9.59 Å². The van der Waals surface area contributed by atoms with Gasteiger partial charge in [-0.15, -0.1) is 0 Å². The summed E-state index contributed by atoms with van der Waals surface area (Å²) in [5.41, 5.74) is -6.32. The maximum absolute atomic E-state index is 12.3. The first-order valence-corrected chi connectivity index (χ1v) is 8.75. The maximum atomic E-state index is 12.3. The maximum Gasteiger partial charge on any atom is 0.534 e. The number of nitrogens with one attached hydrogen (secondary N) is 1. The molecule has 0 aromatic heterocycles. The van der Waals surface area contributed by atoms with Crippen LogP contribution in [0.3, 0.4) is 0 Å². The van der Waals surface area contributed by atoms with E-state index in [-0.39, 0.29) is 5.56 Å². The lowest BCUT2D eigenvalue weighted by Crippen LogP contribution is -2.38. The number of hydrogen-bond donors (Lipinski definition) is 1. The number of hydrogen-bond acceptors (Lipinski definition) is 7. The van der Waals surface area contributed by atoms with Gasteiger partial charge in [0.2, 0.25) is 0 Å². The molecular weight excluding hydrogens is 395 g/mol. The van der Waals surface area contributed by atoms with Crippen LogP contribution in [0.15, 0.2) is 24.3 Å². The van der Waals surface area contributed by atoms with Gasteiger partial charge >= 0.3 is 27.7 Å². The molecule has 0 aliphatic carbocycles. The summed E-state index contributed by atoms with van der Waals surface area (Å²) in [5, 5.41) is 2.26. The van der Waals surface area contributed by atoms with Gasteiger partial charge < -0.3 is 19.0 Å². The van der Waals surface area contributed by atoms with Crippen LogP contribution in [0.4, 0.5) is 18.0 Å². The van der Waals surface area contributed by atoms with Crippen molar-refractivity contribution in [2.24, 2.45) is 0 Å². The Morgan fingerprint density at radius 3 is 2.00 bits per heavy atom. The Labute approximate surface area is 153 Å². The number of alkyl carbamates (subject to hydrolysis) is 1. The summed E-state index contributed by atoms with van der Waals surface area (Å²) >= 11 is 0. The zero-order chi connectivity index (χ0) is 21.0. The fraction of sp³-hybridized carbons (Fsp3) is 0.467. The zero-order valence-electron chi connectivity index (χ0n) is 14.8. The van der Waals surface area contributed by atoms with Crippen LogP contribution in [0.2, 0.25) is 0 Å². The number of benzene rings is 1. The van der Waals surface area contributed by atoms with E-state index in [9.17, 15) is 31.2 Å². The Morgan fingerprint density at radius 2 is 1.59 bits per heavy atom. The standard InChI is InChI=1S/C15H18F3NO7S/c1-14(2,3)25-13(21)19-11(12(20)24-4)9-5-7-10(8-6-9)26-27(22,23)15(16,17)18/h5-8,11H,1-4H3,(H,19,21). The number of esters is 1. The molecule has 0 bridgehead atoms. The molecular formula is C15H18F3NO7S. The fourth-order valence-electron chi connectivity index (χ4n) is 1.71. The number of ether oxygens (including phenoxy) is 2. The molecule has 27 heavy (non-hydrogen) atoms. The summed E-state index contributed by atoms with van der Waals surface area (Å²) in [6.07, 6.45) is -0.933. The second-order valence-electron chi connectivity index (χ2n) is 6.15. The van der Waals surface area contributed by atoms with Gasteiger partial charge in [-0.2, -0.15) is 21.6 Å². The number of carbonyl (C=O) groups is 2. The van der Waals surface area contributed by atoms with Crippen molar-refractivity contribution in [2.75, 3.05) is 7.11 Å². The van der Waals surface area contributed by atoms with E-state index in [0.717, 1.165) is 31.4 Å². The summed E-state index contributed by atoms with van der Waals surface area (Å²) in [6.45, 7) is 4.81. The lowest BCUT2D eigenvalue weighted by Gasteiger charge is -2.22. The Kier molecular flexibility index (Phi) is 6.70. The Bertz CT molecular complexity index is 783. The summed E-state index contributed by atoms with van der Waals surface area (Å²) in [6, 6.07) is 2.65. The van der Waals surface area contributed by atoms with E-state index in [2.05, 4.69) is 14.2 Å². The van der Waals surface area contributed by atoms with Crippen LogP contribution in [0, 0.1) is 0 Å². The average Bonchev–Trinajstić information content (AvgIpc) is 2.49. The molecule has 12 heteroatoms. The van der Waals surface area contributed by atoms with E-state index < -0.39 is 45.1 Å². The van der Waals surface area contributed by atoms with Crippen molar-refractivity contribution < 1.29 is 44.8 Å². The predicted octanol–water partition coefficient (Wildman–Crippen LogP) is 2.65. The monoisotopic (exact) mass is 413 g/mol. The molecule has 0 saturated heterocycles. The molecule has 1 N–H and O–H groups in total.